The van der Waals surface area contributed by atoms with Gasteiger partial charge < -0.3 is 0 Å². The Kier molecular flexibility index (Phi) is 3.22. The Morgan fingerprint density at radius 1 is 0.722 bits per heavy atom. The van der Waals surface area contributed by atoms with Gasteiger partial charge in [0.25, 0.3) is 0 Å². The molecule has 0 atom stereocenters. The average Bonchev–Trinajstić information content (AvgIpc) is 2.41. The van der Waals surface area contributed by atoms with E-state index in [1.807, 2.05) is 0 Å². The summed E-state index contributed by atoms with van der Waals surface area (Å²) in [5, 5.41) is 0. The number of fused-ring (bicyclic) bond motifs is 1. The second-order valence-electron chi connectivity index (χ2n) is 4.76. The van der Waals surface area contributed by atoms with Gasteiger partial charge in [-0.2, -0.15) is 0 Å². The van der Waals surface area contributed by atoms with Crippen LogP contribution in [0.1, 0.15) is 30.4 Å². The number of aryl methyl sites for hydroxylation is 1. The van der Waals surface area contributed by atoms with Crippen LogP contribution < -0.4 is 0 Å². The van der Waals surface area contributed by atoms with Crippen molar-refractivity contribution >= 4 is 11.4 Å². The van der Waals surface area contributed by atoms with E-state index in [0.29, 0.717) is 0 Å². The lowest BCUT2D eigenvalue weighted by Crippen LogP contribution is -2.03. The molecule has 0 saturated carbocycles. The highest BCUT2D eigenvalue weighted by Crippen LogP contribution is 2.25. The van der Waals surface area contributed by atoms with Crippen LogP contribution >= 0.6 is 0 Å². The van der Waals surface area contributed by atoms with Gasteiger partial charge in [-0.25, -0.2) is 0 Å². The molecule has 1 aliphatic heterocycles. The highest BCUT2D eigenvalue weighted by Gasteiger charge is 2.09. The molecule has 0 amide bonds. The summed E-state index contributed by atoms with van der Waals surface area (Å²) in [5.41, 5.74) is 5.01. The van der Waals surface area contributed by atoms with Gasteiger partial charge in [0, 0.05) is 5.71 Å². The van der Waals surface area contributed by atoms with E-state index in [9.17, 15) is 0 Å². The van der Waals surface area contributed by atoms with Crippen LogP contribution in [0.25, 0.3) is 0 Å². The standard InChI is InChI=1S/C17H17N/c1-2-8-14(9-3-1)16-12-6-4-10-15-11-5-7-13-17(15)18-16/h1-3,5,7-9,11,13H,4,6,10,12H2. The normalized spacial score (nSPS) is 15.2. The molecule has 0 radical (unpaired) electrons. The Bertz CT molecular complexity index is 555. The van der Waals surface area contributed by atoms with E-state index in [-0.39, 0.29) is 0 Å². The van der Waals surface area contributed by atoms with E-state index >= 15 is 0 Å². The zero-order valence-corrected chi connectivity index (χ0v) is 10.5. The van der Waals surface area contributed by atoms with Gasteiger partial charge in [-0.05, 0) is 42.9 Å². The van der Waals surface area contributed by atoms with Gasteiger partial charge in [0.2, 0.25) is 0 Å². The number of aliphatic imine (C=N–C) groups is 1. The predicted octanol–water partition coefficient (Wildman–Crippen LogP) is 4.53. The van der Waals surface area contributed by atoms with Crippen LogP contribution in [-0.4, -0.2) is 5.71 Å². The number of benzene rings is 2. The molecule has 0 aromatic heterocycles. The Morgan fingerprint density at radius 3 is 2.33 bits per heavy atom. The molecule has 1 nitrogen and oxygen atoms in total. The highest BCUT2D eigenvalue weighted by atomic mass is 14.8. The van der Waals surface area contributed by atoms with Gasteiger partial charge in [-0.15, -0.1) is 0 Å². The van der Waals surface area contributed by atoms with Gasteiger partial charge >= 0.3 is 0 Å². The van der Waals surface area contributed by atoms with E-state index in [1.165, 1.54) is 29.7 Å². The highest BCUT2D eigenvalue weighted by molar-refractivity contribution is 6.02. The molecule has 0 saturated heterocycles. The third-order valence-electron chi connectivity index (χ3n) is 3.46. The summed E-state index contributed by atoms with van der Waals surface area (Å²) in [7, 11) is 0. The molecule has 2 aromatic carbocycles. The van der Waals surface area contributed by atoms with Crippen LogP contribution in [-0.2, 0) is 6.42 Å². The number of hydrogen-bond donors (Lipinski definition) is 0. The fraction of sp³-hybridized carbons (Fsp3) is 0.235. The van der Waals surface area contributed by atoms with Crippen LogP contribution in [0.3, 0.4) is 0 Å². The molecule has 1 heterocycles. The van der Waals surface area contributed by atoms with Gasteiger partial charge in [-0.3, -0.25) is 4.99 Å². The maximum Gasteiger partial charge on any atom is 0.0665 e. The SMILES string of the molecule is c1ccc(C2=Nc3ccccc3CCCC2)cc1. The molecule has 2 aromatic rings. The van der Waals surface area contributed by atoms with E-state index in [1.54, 1.807) is 0 Å². The predicted molar refractivity (Wildman–Crippen MR) is 76.6 cm³/mol. The first-order valence-electron chi connectivity index (χ1n) is 6.64. The third-order valence-corrected chi connectivity index (χ3v) is 3.46. The van der Waals surface area contributed by atoms with Crippen LogP contribution in [0.5, 0.6) is 0 Å². The van der Waals surface area contributed by atoms with Crippen molar-refractivity contribution < 1.29 is 0 Å². The maximum absolute atomic E-state index is 4.89. The van der Waals surface area contributed by atoms with E-state index in [0.717, 1.165) is 18.5 Å². The van der Waals surface area contributed by atoms with E-state index in [2.05, 4.69) is 54.6 Å². The first kappa shape index (κ1) is 11.2. The van der Waals surface area contributed by atoms with Crippen molar-refractivity contribution in [1.82, 2.24) is 0 Å². The van der Waals surface area contributed by atoms with Crippen molar-refractivity contribution in [2.45, 2.75) is 25.7 Å². The van der Waals surface area contributed by atoms with E-state index in [4.69, 9.17) is 4.99 Å². The Labute approximate surface area is 108 Å². The van der Waals surface area contributed by atoms with Crippen molar-refractivity contribution in [2.75, 3.05) is 0 Å². The van der Waals surface area contributed by atoms with Crippen molar-refractivity contribution in [1.29, 1.82) is 0 Å². The Hall–Kier alpha value is -1.89. The summed E-state index contributed by atoms with van der Waals surface area (Å²) in [6, 6.07) is 19.1. The molecule has 1 aliphatic rings. The topological polar surface area (TPSA) is 12.4 Å². The molecule has 0 unspecified atom stereocenters. The van der Waals surface area contributed by atoms with Crippen LogP contribution in [0.4, 0.5) is 5.69 Å². The fourth-order valence-electron chi connectivity index (χ4n) is 2.48. The maximum atomic E-state index is 4.89. The van der Waals surface area contributed by atoms with Crippen LogP contribution in [0.15, 0.2) is 59.6 Å². The van der Waals surface area contributed by atoms with Crippen LogP contribution in [0.2, 0.25) is 0 Å². The van der Waals surface area contributed by atoms with Gasteiger partial charge in [-0.1, -0.05) is 48.5 Å². The minimum Gasteiger partial charge on any atom is -0.253 e. The molecule has 0 fully saturated rings. The quantitative estimate of drug-likeness (QED) is 0.688. The first-order valence-corrected chi connectivity index (χ1v) is 6.64. The van der Waals surface area contributed by atoms with Crippen molar-refractivity contribution in [2.24, 2.45) is 4.99 Å². The minimum atomic E-state index is 1.08. The summed E-state index contributed by atoms with van der Waals surface area (Å²) < 4.78 is 0. The van der Waals surface area contributed by atoms with Crippen LogP contribution in [0, 0.1) is 0 Å². The monoisotopic (exact) mass is 235 g/mol. The second kappa shape index (κ2) is 5.18. The minimum absolute atomic E-state index is 1.08. The van der Waals surface area contributed by atoms with Crippen molar-refractivity contribution in [3.63, 3.8) is 0 Å². The molecule has 0 spiro atoms. The van der Waals surface area contributed by atoms with E-state index < -0.39 is 0 Å². The Balaban J connectivity index is 2.05. The molecule has 90 valence electrons. The fourth-order valence-corrected chi connectivity index (χ4v) is 2.48. The molecular weight excluding hydrogens is 218 g/mol. The number of rotatable bonds is 1. The average molecular weight is 235 g/mol. The molecule has 3 rings (SSSR count). The lowest BCUT2D eigenvalue weighted by Gasteiger charge is -2.13. The summed E-state index contributed by atoms with van der Waals surface area (Å²) in [5.74, 6) is 0. The lowest BCUT2D eigenvalue weighted by molar-refractivity contribution is 0.756. The second-order valence-corrected chi connectivity index (χ2v) is 4.76. The zero-order chi connectivity index (χ0) is 12.2. The number of hydrogen-bond acceptors (Lipinski definition) is 1. The molecule has 0 aliphatic carbocycles. The number of nitrogens with zero attached hydrogens (tertiary/aromatic N) is 1. The smallest absolute Gasteiger partial charge is 0.0665 e. The molecule has 0 N–H and O–H groups in total. The Morgan fingerprint density at radius 2 is 1.44 bits per heavy atom. The summed E-state index contributed by atoms with van der Waals surface area (Å²) in [6.45, 7) is 0. The van der Waals surface area contributed by atoms with Crippen molar-refractivity contribution in [3.05, 3.63) is 65.7 Å². The first-order chi connectivity index (χ1) is 8.93. The summed E-state index contributed by atoms with van der Waals surface area (Å²) in [6.07, 6.45) is 4.71. The molecule has 0 bridgehead atoms. The molecule has 1 heteroatoms. The zero-order valence-electron chi connectivity index (χ0n) is 10.5. The van der Waals surface area contributed by atoms with Gasteiger partial charge in [0.15, 0.2) is 0 Å². The summed E-state index contributed by atoms with van der Waals surface area (Å²) in [4.78, 5) is 4.89. The van der Waals surface area contributed by atoms with Gasteiger partial charge in [0.05, 0.1) is 5.69 Å². The van der Waals surface area contributed by atoms with Crippen molar-refractivity contribution in [3.8, 4) is 0 Å². The molecule has 18 heavy (non-hydrogen) atoms. The third kappa shape index (κ3) is 2.35. The largest absolute Gasteiger partial charge is 0.253 e. The number of para-hydroxylation sites is 1. The summed E-state index contributed by atoms with van der Waals surface area (Å²) >= 11 is 0. The lowest BCUT2D eigenvalue weighted by atomic mass is 9.98. The van der Waals surface area contributed by atoms with Gasteiger partial charge in [0.1, 0.15) is 0 Å². The molecular formula is C17H17N.